The Bertz CT molecular complexity index is 131. The number of rotatable bonds is 0. The van der Waals surface area contributed by atoms with Crippen LogP contribution < -0.4 is 5.14 Å². The number of nitrogens with two attached hydrogens (primary N) is 1. The Balaban J connectivity index is 0.000000148. The van der Waals surface area contributed by atoms with Crippen molar-refractivity contribution in [3.05, 3.63) is 12.8 Å². The number of aromatic nitrogens is 2. The Morgan fingerprint density at radius 1 is 1.56 bits per heavy atom. The lowest BCUT2D eigenvalue weighted by atomic mass is 11.5. The molecule has 0 bridgehead atoms. The molecule has 0 spiro atoms. The summed E-state index contributed by atoms with van der Waals surface area (Å²) in [4.78, 5) is 0. The van der Waals surface area contributed by atoms with E-state index < -0.39 is 11.3 Å². The molecular formula is C2H4N3O3S-. The lowest BCUT2D eigenvalue weighted by Gasteiger charge is -1.85. The average molecular weight is 150 g/mol. The molecule has 0 fully saturated rings. The molecule has 1 aromatic heterocycles. The minimum atomic E-state index is -2.36. The molecule has 1 unspecified atom stereocenters. The van der Waals surface area contributed by atoms with Crippen LogP contribution in [0.15, 0.2) is 17.2 Å². The van der Waals surface area contributed by atoms with E-state index >= 15 is 0 Å². The molecule has 1 aromatic rings. The van der Waals surface area contributed by atoms with E-state index in [1.54, 1.807) is 0 Å². The fraction of sp³-hybridized carbons (Fsp3) is 0. The van der Waals surface area contributed by atoms with Crippen molar-refractivity contribution < 1.29 is 13.2 Å². The molecule has 9 heavy (non-hydrogen) atoms. The van der Waals surface area contributed by atoms with Gasteiger partial charge in [0.15, 0.2) is 0 Å². The summed E-state index contributed by atoms with van der Waals surface area (Å²) < 4.78 is 21.9. The Morgan fingerprint density at radius 3 is 2.00 bits per heavy atom. The van der Waals surface area contributed by atoms with Crippen molar-refractivity contribution in [1.29, 1.82) is 0 Å². The van der Waals surface area contributed by atoms with Crippen LogP contribution in [0.25, 0.3) is 0 Å². The first-order valence-corrected chi connectivity index (χ1v) is 2.89. The second-order valence-corrected chi connectivity index (χ2v) is 1.36. The molecule has 1 heterocycles. The largest absolute Gasteiger partial charge is 0.760 e. The molecule has 0 aromatic carbocycles. The second-order valence-electron chi connectivity index (χ2n) is 0.838. The van der Waals surface area contributed by atoms with Crippen LogP contribution in [0, 0.1) is 0 Å². The molecule has 0 aliphatic heterocycles. The lowest BCUT2D eigenvalue weighted by Crippen LogP contribution is -1.97. The summed E-state index contributed by atoms with van der Waals surface area (Å²) in [5.74, 6) is 0. The van der Waals surface area contributed by atoms with Crippen molar-refractivity contribution in [3.63, 3.8) is 0 Å². The summed E-state index contributed by atoms with van der Waals surface area (Å²) in [5, 5.41) is 10.6. The molecule has 0 aliphatic rings. The maximum atomic E-state index is 8.78. The van der Waals surface area contributed by atoms with Crippen LogP contribution in [-0.4, -0.2) is 19.0 Å². The van der Waals surface area contributed by atoms with Gasteiger partial charge in [-0.05, 0) is 0 Å². The summed E-state index contributed by atoms with van der Waals surface area (Å²) in [6, 6.07) is 0. The van der Waals surface area contributed by atoms with Gasteiger partial charge in [-0.2, -0.15) is 0 Å². The molecule has 7 heteroatoms. The van der Waals surface area contributed by atoms with Crippen LogP contribution in [0.3, 0.4) is 0 Å². The van der Waals surface area contributed by atoms with Gasteiger partial charge in [-0.3, -0.25) is 9.35 Å². The number of nitrogens with zero attached hydrogens (tertiary/aromatic N) is 2. The van der Waals surface area contributed by atoms with E-state index in [4.69, 9.17) is 8.76 Å². The second kappa shape index (κ2) is 5.35. The first kappa shape index (κ1) is 8.21. The van der Waals surface area contributed by atoms with Crippen molar-refractivity contribution in [2.24, 2.45) is 5.14 Å². The Hall–Kier alpha value is -0.790. The van der Waals surface area contributed by atoms with E-state index in [9.17, 15) is 0 Å². The summed E-state index contributed by atoms with van der Waals surface area (Å²) in [7, 11) is 0. The van der Waals surface area contributed by atoms with Gasteiger partial charge in [0, 0.05) is 11.3 Å². The van der Waals surface area contributed by atoms with Crippen LogP contribution in [-0.2, 0) is 11.3 Å². The van der Waals surface area contributed by atoms with Crippen LogP contribution >= 0.6 is 0 Å². The SMILES string of the molecule is NS(=O)[O-].c1nnco1. The van der Waals surface area contributed by atoms with E-state index in [2.05, 4.69) is 19.8 Å². The first-order chi connectivity index (χ1) is 4.23. The Morgan fingerprint density at radius 2 is 1.89 bits per heavy atom. The van der Waals surface area contributed by atoms with E-state index in [0.29, 0.717) is 0 Å². The van der Waals surface area contributed by atoms with Crippen molar-refractivity contribution >= 4 is 11.3 Å². The highest BCUT2D eigenvalue weighted by Crippen LogP contribution is 1.64. The third-order valence-electron chi connectivity index (χ3n) is 0.283. The molecule has 0 aliphatic carbocycles. The molecule has 6 nitrogen and oxygen atoms in total. The van der Waals surface area contributed by atoms with Crippen LogP contribution in [0.4, 0.5) is 0 Å². The van der Waals surface area contributed by atoms with Crippen molar-refractivity contribution in [2.75, 3.05) is 0 Å². The fourth-order valence-corrected chi connectivity index (χ4v) is 0.136. The number of hydrogen-bond acceptors (Lipinski definition) is 5. The quantitative estimate of drug-likeness (QED) is 0.468. The van der Waals surface area contributed by atoms with E-state index in [0.717, 1.165) is 0 Å². The standard InChI is InChI=1S/C2H2N2O.H3NO2S/c1-3-4-2-5-1;1-4(2)3/h1-2H;1H2,(H,2,3)/p-1. The molecule has 0 saturated heterocycles. The average Bonchev–Trinajstić information content (AvgIpc) is 2.11. The van der Waals surface area contributed by atoms with Gasteiger partial charge >= 0.3 is 0 Å². The lowest BCUT2D eigenvalue weighted by molar-refractivity contribution is 0.538. The zero-order valence-electron chi connectivity index (χ0n) is 4.26. The van der Waals surface area contributed by atoms with Crippen molar-refractivity contribution in [1.82, 2.24) is 10.2 Å². The summed E-state index contributed by atoms with van der Waals surface area (Å²) in [5.41, 5.74) is 0. The smallest absolute Gasteiger partial charge is 0.203 e. The molecule has 2 N–H and O–H groups in total. The summed E-state index contributed by atoms with van der Waals surface area (Å²) in [6.45, 7) is 0. The van der Waals surface area contributed by atoms with Gasteiger partial charge < -0.3 is 8.97 Å². The summed E-state index contributed by atoms with van der Waals surface area (Å²) >= 11 is -2.36. The topological polar surface area (TPSA) is 105 Å². The van der Waals surface area contributed by atoms with E-state index in [1.807, 2.05) is 0 Å². The third-order valence-corrected chi connectivity index (χ3v) is 0.283. The van der Waals surface area contributed by atoms with Gasteiger partial charge in [0.1, 0.15) is 0 Å². The van der Waals surface area contributed by atoms with Crippen molar-refractivity contribution in [3.8, 4) is 0 Å². The maximum absolute atomic E-state index is 8.78. The van der Waals surface area contributed by atoms with Crippen LogP contribution in [0.2, 0.25) is 0 Å². The Labute approximate surface area is 53.5 Å². The highest BCUT2D eigenvalue weighted by molar-refractivity contribution is 7.76. The zero-order chi connectivity index (χ0) is 7.11. The van der Waals surface area contributed by atoms with Gasteiger partial charge in [0.2, 0.25) is 12.8 Å². The molecule has 0 radical (unpaired) electrons. The zero-order valence-corrected chi connectivity index (χ0v) is 5.08. The van der Waals surface area contributed by atoms with Crippen LogP contribution in [0.5, 0.6) is 0 Å². The van der Waals surface area contributed by atoms with Gasteiger partial charge in [0.25, 0.3) is 0 Å². The minimum Gasteiger partial charge on any atom is -0.760 e. The highest BCUT2D eigenvalue weighted by Gasteiger charge is 1.60. The van der Waals surface area contributed by atoms with Gasteiger partial charge in [-0.15, -0.1) is 10.2 Å². The molecule has 0 amide bonds. The van der Waals surface area contributed by atoms with Gasteiger partial charge in [-0.1, -0.05) is 0 Å². The van der Waals surface area contributed by atoms with Gasteiger partial charge in [0.05, 0.1) is 0 Å². The highest BCUT2D eigenvalue weighted by atomic mass is 32.2. The monoisotopic (exact) mass is 150 g/mol. The fourth-order valence-electron chi connectivity index (χ4n) is 0.136. The first-order valence-electron chi connectivity index (χ1n) is 1.76. The molecular weight excluding hydrogens is 146 g/mol. The van der Waals surface area contributed by atoms with Crippen molar-refractivity contribution in [2.45, 2.75) is 0 Å². The van der Waals surface area contributed by atoms with E-state index in [-0.39, 0.29) is 0 Å². The third kappa shape index (κ3) is 11.0. The van der Waals surface area contributed by atoms with Crippen LogP contribution in [0.1, 0.15) is 0 Å². The Kier molecular flexibility index (Phi) is 4.88. The minimum absolute atomic E-state index is 1.26. The molecule has 0 saturated carbocycles. The predicted octanol–water partition coefficient (Wildman–Crippen LogP) is -1.19. The molecule has 1 rings (SSSR count). The van der Waals surface area contributed by atoms with E-state index in [1.165, 1.54) is 12.8 Å². The normalized spacial score (nSPS) is 11.3. The predicted molar refractivity (Wildman–Crippen MR) is 27.4 cm³/mol. The maximum Gasteiger partial charge on any atom is 0.203 e. The molecule has 52 valence electrons. The number of hydrogen-bond donors (Lipinski definition) is 1. The molecule has 1 atom stereocenters. The van der Waals surface area contributed by atoms with Gasteiger partial charge in [-0.25, -0.2) is 0 Å². The summed E-state index contributed by atoms with van der Waals surface area (Å²) in [6.07, 6.45) is 2.53.